The van der Waals surface area contributed by atoms with Crippen molar-refractivity contribution in [1.29, 1.82) is 0 Å². The molecule has 0 radical (unpaired) electrons. The van der Waals surface area contributed by atoms with Gasteiger partial charge in [-0.05, 0) is 19.3 Å². The van der Waals surface area contributed by atoms with Crippen molar-refractivity contribution < 1.29 is 14.5 Å². The summed E-state index contributed by atoms with van der Waals surface area (Å²) in [7, 11) is 0. The van der Waals surface area contributed by atoms with Crippen LogP contribution in [0.2, 0.25) is 0 Å². The number of nitrogens with zero attached hydrogens (tertiary/aromatic N) is 2. The summed E-state index contributed by atoms with van der Waals surface area (Å²) in [6.45, 7) is 1.27. The first kappa shape index (κ1) is 20.3. The fourth-order valence-electron chi connectivity index (χ4n) is 2.63. The minimum absolute atomic E-state index is 0. The van der Waals surface area contributed by atoms with Gasteiger partial charge in [-0.1, -0.05) is 11.3 Å². The van der Waals surface area contributed by atoms with Gasteiger partial charge in [-0.2, -0.15) is 0 Å². The zero-order valence-electron chi connectivity index (χ0n) is 13.1. The number of likely N-dealkylation sites (tertiary alicyclic amines) is 1. The second kappa shape index (κ2) is 9.55. The van der Waals surface area contributed by atoms with Gasteiger partial charge in [0, 0.05) is 43.5 Å². The van der Waals surface area contributed by atoms with Crippen molar-refractivity contribution in [2.45, 2.75) is 31.7 Å². The minimum Gasteiger partial charge on any atom is -0.354 e. The molecule has 1 saturated heterocycles. The number of rotatable bonds is 6. The van der Waals surface area contributed by atoms with Crippen molar-refractivity contribution in [3.05, 3.63) is 27.1 Å². The topological polar surface area (TPSA) is 119 Å². The zero-order valence-corrected chi connectivity index (χ0v) is 14.7. The van der Waals surface area contributed by atoms with Crippen molar-refractivity contribution in [3.63, 3.8) is 0 Å². The second-order valence-corrected chi connectivity index (χ2v) is 6.31. The SMILES string of the molecule is Cl.NCCC(=O)NCC1CCCCN1C(=O)c1csc([N+](=O)[O-])c1. The predicted molar refractivity (Wildman–Crippen MR) is 93.6 cm³/mol. The fourth-order valence-corrected chi connectivity index (χ4v) is 3.33. The van der Waals surface area contributed by atoms with Gasteiger partial charge < -0.3 is 16.0 Å². The molecule has 1 aromatic heterocycles. The molecule has 0 spiro atoms. The second-order valence-electron chi connectivity index (χ2n) is 5.42. The van der Waals surface area contributed by atoms with Crippen molar-refractivity contribution in [2.24, 2.45) is 5.73 Å². The number of hydrogen-bond acceptors (Lipinski definition) is 6. The Bertz CT molecular complexity index is 595. The first-order valence-electron chi connectivity index (χ1n) is 7.53. The molecule has 1 aromatic rings. The average molecular weight is 377 g/mol. The molecular weight excluding hydrogens is 356 g/mol. The molecule has 2 heterocycles. The van der Waals surface area contributed by atoms with Crippen LogP contribution in [-0.2, 0) is 4.79 Å². The molecule has 0 aromatic carbocycles. The maximum Gasteiger partial charge on any atom is 0.324 e. The van der Waals surface area contributed by atoms with E-state index < -0.39 is 4.92 Å². The van der Waals surface area contributed by atoms with Gasteiger partial charge in [-0.3, -0.25) is 19.7 Å². The van der Waals surface area contributed by atoms with Crippen LogP contribution in [0.1, 0.15) is 36.0 Å². The number of nitrogens with two attached hydrogens (primary N) is 1. The number of hydrogen-bond donors (Lipinski definition) is 2. The van der Waals surface area contributed by atoms with Gasteiger partial charge in [0.15, 0.2) is 0 Å². The predicted octanol–water partition coefficient (Wildman–Crippen LogP) is 1.54. The van der Waals surface area contributed by atoms with Crippen molar-refractivity contribution in [3.8, 4) is 0 Å². The van der Waals surface area contributed by atoms with Gasteiger partial charge >= 0.3 is 5.00 Å². The minimum atomic E-state index is -0.498. The molecule has 2 rings (SSSR count). The Morgan fingerprint density at radius 3 is 2.83 bits per heavy atom. The summed E-state index contributed by atoms with van der Waals surface area (Å²) in [4.78, 5) is 36.1. The molecule has 0 aliphatic carbocycles. The standard InChI is InChI=1S/C14H20N4O4S.ClH/c15-5-4-12(19)16-8-11-3-1-2-6-17(11)14(20)10-7-13(18(21)22)23-9-10;/h7,9,11H,1-6,8,15H2,(H,16,19);1H. The number of carbonyl (C=O) groups excluding carboxylic acids is 2. The highest BCUT2D eigenvalue weighted by molar-refractivity contribution is 7.13. The number of nitro groups is 1. The van der Waals surface area contributed by atoms with Crippen LogP contribution < -0.4 is 11.1 Å². The van der Waals surface area contributed by atoms with Crippen LogP contribution in [-0.4, -0.2) is 47.3 Å². The highest BCUT2D eigenvalue weighted by atomic mass is 35.5. The lowest BCUT2D eigenvalue weighted by molar-refractivity contribution is -0.380. The third kappa shape index (κ3) is 5.15. The van der Waals surface area contributed by atoms with Crippen molar-refractivity contribution >= 4 is 40.6 Å². The molecule has 1 aliphatic heterocycles. The van der Waals surface area contributed by atoms with E-state index in [1.165, 1.54) is 11.4 Å². The molecule has 3 N–H and O–H groups in total. The number of thiophene rings is 1. The number of piperidine rings is 1. The third-order valence-corrected chi connectivity index (χ3v) is 4.69. The Labute approximate surface area is 149 Å². The number of halogens is 1. The Morgan fingerprint density at radius 1 is 1.46 bits per heavy atom. The van der Waals surface area contributed by atoms with E-state index >= 15 is 0 Å². The van der Waals surface area contributed by atoms with E-state index in [9.17, 15) is 19.7 Å². The number of carbonyl (C=O) groups is 2. The third-order valence-electron chi connectivity index (χ3n) is 3.81. The summed E-state index contributed by atoms with van der Waals surface area (Å²) in [5.74, 6) is -0.344. The molecule has 0 bridgehead atoms. The lowest BCUT2D eigenvalue weighted by Gasteiger charge is -2.35. The smallest absolute Gasteiger partial charge is 0.324 e. The number of nitrogens with one attached hydrogen (secondary N) is 1. The van der Waals surface area contributed by atoms with Crippen LogP contribution in [0.3, 0.4) is 0 Å². The molecule has 2 amide bonds. The molecule has 8 nitrogen and oxygen atoms in total. The van der Waals surface area contributed by atoms with Crippen LogP contribution in [0.4, 0.5) is 5.00 Å². The average Bonchev–Trinajstić information content (AvgIpc) is 3.03. The number of amides is 2. The van der Waals surface area contributed by atoms with E-state index in [4.69, 9.17) is 5.73 Å². The van der Waals surface area contributed by atoms with Crippen LogP contribution in [0.5, 0.6) is 0 Å². The van der Waals surface area contributed by atoms with Crippen LogP contribution >= 0.6 is 23.7 Å². The molecule has 1 aliphatic rings. The van der Waals surface area contributed by atoms with E-state index in [-0.39, 0.29) is 48.2 Å². The highest BCUT2D eigenvalue weighted by Crippen LogP contribution is 2.26. The van der Waals surface area contributed by atoms with E-state index in [1.54, 1.807) is 4.90 Å². The molecule has 0 saturated carbocycles. The van der Waals surface area contributed by atoms with Gasteiger partial charge in [0.05, 0.1) is 10.5 Å². The lowest BCUT2D eigenvalue weighted by Crippen LogP contribution is -2.49. The summed E-state index contributed by atoms with van der Waals surface area (Å²) >= 11 is 0.946. The van der Waals surface area contributed by atoms with Gasteiger partial charge in [0.25, 0.3) is 5.91 Å². The first-order valence-corrected chi connectivity index (χ1v) is 8.41. The largest absolute Gasteiger partial charge is 0.354 e. The van der Waals surface area contributed by atoms with Gasteiger partial charge in [-0.15, -0.1) is 12.4 Å². The molecule has 1 unspecified atom stereocenters. The van der Waals surface area contributed by atoms with E-state index in [0.29, 0.717) is 18.7 Å². The highest BCUT2D eigenvalue weighted by Gasteiger charge is 2.29. The molecule has 10 heteroatoms. The Hall–Kier alpha value is -1.71. The van der Waals surface area contributed by atoms with E-state index in [2.05, 4.69) is 5.32 Å². The zero-order chi connectivity index (χ0) is 16.8. The summed E-state index contributed by atoms with van der Waals surface area (Å²) in [6.07, 6.45) is 2.95. The maximum atomic E-state index is 12.6. The molecular formula is C14H21ClN4O4S. The summed E-state index contributed by atoms with van der Waals surface area (Å²) in [6, 6.07) is 1.23. The first-order chi connectivity index (χ1) is 11.0. The van der Waals surface area contributed by atoms with Gasteiger partial charge in [0.1, 0.15) is 0 Å². The molecule has 134 valence electrons. The Balaban J connectivity index is 0.00000288. The summed E-state index contributed by atoms with van der Waals surface area (Å²) in [5, 5.41) is 15.0. The van der Waals surface area contributed by atoms with E-state index in [1.807, 2.05) is 0 Å². The van der Waals surface area contributed by atoms with Crippen LogP contribution in [0.15, 0.2) is 11.4 Å². The quantitative estimate of drug-likeness (QED) is 0.576. The van der Waals surface area contributed by atoms with E-state index in [0.717, 1.165) is 30.6 Å². The summed E-state index contributed by atoms with van der Waals surface area (Å²) < 4.78 is 0. The molecule has 1 atom stereocenters. The Morgan fingerprint density at radius 2 is 2.21 bits per heavy atom. The van der Waals surface area contributed by atoms with Gasteiger partial charge in [-0.25, -0.2) is 0 Å². The van der Waals surface area contributed by atoms with Crippen LogP contribution in [0, 0.1) is 10.1 Å². The Kier molecular flexibility index (Phi) is 8.09. The maximum absolute atomic E-state index is 12.6. The van der Waals surface area contributed by atoms with Crippen LogP contribution in [0.25, 0.3) is 0 Å². The summed E-state index contributed by atoms with van der Waals surface area (Å²) in [5.41, 5.74) is 5.67. The lowest BCUT2D eigenvalue weighted by atomic mass is 10.0. The van der Waals surface area contributed by atoms with Crippen molar-refractivity contribution in [2.75, 3.05) is 19.6 Å². The van der Waals surface area contributed by atoms with Gasteiger partial charge in [0.2, 0.25) is 5.91 Å². The monoisotopic (exact) mass is 376 g/mol. The fraction of sp³-hybridized carbons (Fsp3) is 0.571. The molecule has 1 fully saturated rings. The van der Waals surface area contributed by atoms with Crippen molar-refractivity contribution in [1.82, 2.24) is 10.2 Å². The normalized spacial score (nSPS) is 17.0. The molecule has 24 heavy (non-hydrogen) atoms.